The zero-order valence-corrected chi connectivity index (χ0v) is 23.1. The molecular formula is C27H32ClF3N3O4S+. The van der Waals surface area contributed by atoms with Crippen LogP contribution < -0.4 is 4.73 Å². The predicted octanol–water partition coefficient (Wildman–Crippen LogP) is 5.99. The second-order valence-corrected chi connectivity index (χ2v) is 11.4. The highest BCUT2D eigenvalue weighted by atomic mass is 35.5. The fourth-order valence-electron chi connectivity index (χ4n) is 4.42. The Labute approximate surface area is 232 Å². The molecule has 3 heterocycles. The number of sulfonamides is 1. The number of rotatable bonds is 6. The number of halogens is 4. The first-order valence-corrected chi connectivity index (χ1v) is 14.3. The van der Waals surface area contributed by atoms with E-state index >= 15 is 0 Å². The van der Waals surface area contributed by atoms with Gasteiger partial charge in [-0.2, -0.15) is 17.5 Å². The van der Waals surface area contributed by atoms with Crippen molar-refractivity contribution in [3.8, 4) is 0 Å². The van der Waals surface area contributed by atoms with Crippen LogP contribution in [0.5, 0.6) is 0 Å². The van der Waals surface area contributed by atoms with Gasteiger partial charge in [-0.05, 0) is 37.3 Å². The van der Waals surface area contributed by atoms with Gasteiger partial charge in [0.2, 0.25) is 6.20 Å². The van der Waals surface area contributed by atoms with Crippen LogP contribution in [0, 0.1) is 0 Å². The van der Waals surface area contributed by atoms with Crippen LogP contribution in [0.4, 0.5) is 13.2 Å². The first-order chi connectivity index (χ1) is 18.4. The molecule has 1 aromatic rings. The van der Waals surface area contributed by atoms with Gasteiger partial charge in [0, 0.05) is 36.2 Å². The molecule has 1 saturated heterocycles. The van der Waals surface area contributed by atoms with Gasteiger partial charge < -0.3 is 4.74 Å². The number of aromatic nitrogens is 1. The molecule has 7 nitrogen and oxygen atoms in total. The summed E-state index contributed by atoms with van der Waals surface area (Å²) >= 11 is 6.24. The van der Waals surface area contributed by atoms with E-state index in [2.05, 4.69) is 11.6 Å². The van der Waals surface area contributed by atoms with E-state index in [9.17, 15) is 26.8 Å². The highest BCUT2D eigenvalue weighted by Gasteiger charge is 2.42. The molecule has 0 bridgehead atoms. The zero-order valence-electron chi connectivity index (χ0n) is 21.5. The summed E-state index contributed by atoms with van der Waals surface area (Å²) in [5, 5.41) is 10.5. The fourth-order valence-corrected chi connectivity index (χ4v) is 6.00. The fraction of sp³-hybridized carbons (Fsp3) is 0.407. The van der Waals surface area contributed by atoms with Crippen molar-refractivity contribution >= 4 is 26.7 Å². The van der Waals surface area contributed by atoms with Crippen molar-refractivity contribution in [1.82, 2.24) is 4.31 Å². The molecule has 39 heavy (non-hydrogen) atoms. The summed E-state index contributed by atoms with van der Waals surface area (Å²) in [5.74, 6) is 0. The predicted molar refractivity (Wildman–Crippen MR) is 144 cm³/mol. The van der Waals surface area contributed by atoms with Crippen molar-refractivity contribution in [3.05, 3.63) is 89.9 Å². The van der Waals surface area contributed by atoms with Gasteiger partial charge in [-0.25, -0.2) is 13.4 Å². The summed E-state index contributed by atoms with van der Waals surface area (Å²) in [6, 6.07) is 3.17. The minimum absolute atomic E-state index is 0.0340. The number of pyridine rings is 1. The number of hydrogen-bond donors (Lipinski definition) is 1. The van der Waals surface area contributed by atoms with Crippen molar-refractivity contribution in [1.29, 1.82) is 0 Å². The van der Waals surface area contributed by atoms with Crippen LogP contribution in [0.15, 0.2) is 84.2 Å². The van der Waals surface area contributed by atoms with E-state index < -0.39 is 39.4 Å². The molecule has 0 saturated carbocycles. The average molecular weight is 587 g/mol. The third kappa shape index (κ3) is 8.14. The number of ether oxygens (including phenoxy) is 1. The van der Waals surface area contributed by atoms with Crippen LogP contribution in [-0.2, 0) is 14.8 Å². The maximum Gasteiger partial charge on any atom is 0.392 e. The molecule has 1 N–H and O–H groups in total. The van der Waals surface area contributed by atoms with E-state index in [4.69, 9.17) is 16.3 Å². The van der Waals surface area contributed by atoms with Gasteiger partial charge in [0.15, 0.2) is 11.1 Å². The van der Waals surface area contributed by atoms with Gasteiger partial charge in [0.05, 0.1) is 17.0 Å². The molecule has 0 amide bonds. The van der Waals surface area contributed by atoms with Crippen LogP contribution in [0.25, 0.3) is 0 Å². The minimum atomic E-state index is -4.47. The molecule has 1 spiro atoms. The summed E-state index contributed by atoms with van der Waals surface area (Å²) in [6.07, 6.45) is 9.01. The van der Waals surface area contributed by atoms with E-state index in [-0.39, 0.29) is 25.9 Å². The molecule has 3 rings (SSSR count). The van der Waals surface area contributed by atoms with Crippen molar-refractivity contribution in [3.63, 3.8) is 0 Å². The molecule has 1 unspecified atom stereocenters. The largest absolute Gasteiger partial charge is 0.392 e. The van der Waals surface area contributed by atoms with Gasteiger partial charge in [-0.15, -0.1) is 0 Å². The molecule has 1 fully saturated rings. The van der Waals surface area contributed by atoms with Crippen LogP contribution >= 0.6 is 11.6 Å². The molecule has 12 heteroatoms. The highest BCUT2D eigenvalue weighted by molar-refractivity contribution is 8.04. The minimum Gasteiger partial charge on any atom is -0.352 e. The van der Waals surface area contributed by atoms with Crippen LogP contribution in [0.3, 0.4) is 0 Å². The molecule has 2 aliphatic heterocycles. The Morgan fingerprint density at radius 1 is 1.36 bits per heavy atom. The molecule has 1 atom stereocenters. The lowest BCUT2D eigenvalue weighted by Crippen LogP contribution is -2.49. The van der Waals surface area contributed by atoms with E-state index in [1.807, 2.05) is 37.3 Å². The number of piperidine rings is 1. The lowest BCUT2D eigenvalue weighted by molar-refractivity contribution is -0.911. The summed E-state index contributed by atoms with van der Waals surface area (Å²) in [5.41, 5.74) is 0.451. The smallest absolute Gasteiger partial charge is 0.352 e. The number of allylic oxidation sites excluding steroid dienone is 5. The van der Waals surface area contributed by atoms with Gasteiger partial charge >= 0.3 is 6.18 Å². The topological polar surface area (TPSA) is 83.1 Å². The summed E-state index contributed by atoms with van der Waals surface area (Å²) < 4.78 is 73.2. The van der Waals surface area contributed by atoms with Crippen LogP contribution in [0.2, 0.25) is 5.02 Å². The Bertz CT molecular complexity index is 1300. The Balaban J connectivity index is 1.91. The molecule has 2 aliphatic rings. The van der Waals surface area contributed by atoms with E-state index in [0.29, 0.717) is 23.6 Å². The summed E-state index contributed by atoms with van der Waals surface area (Å²) in [7, 11) is -4.19. The van der Waals surface area contributed by atoms with Gasteiger partial charge in [-0.1, -0.05) is 61.6 Å². The van der Waals surface area contributed by atoms with Gasteiger partial charge in [-0.3, -0.25) is 5.21 Å². The second kappa shape index (κ2) is 13.1. The molecule has 0 aliphatic carbocycles. The summed E-state index contributed by atoms with van der Waals surface area (Å²) in [4.78, 5) is 3.73. The van der Waals surface area contributed by atoms with Crippen molar-refractivity contribution in [2.24, 2.45) is 4.99 Å². The maximum atomic E-state index is 13.3. The standard InChI is InChI=1S/C27H32ClF3N3O4S/c1-3-21-10-7-5-6-8-13-26(38-25(21)23-20-22(28)12-17-34(23)35)15-18-33(19-16-26)39(36,37)24(32-4-2)11-9-14-27(29,30)31/h4-6,8-13,17,20,25,35H,2-3,7,14-16,18-19H2,1H3/q+1/b6-5?,11-9-,13-8+,21-10+,32-24?. The lowest BCUT2D eigenvalue weighted by atomic mass is 9.89. The number of aliphatic imine (C=N–C) groups is 1. The van der Waals surface area contributed by atoms with E-state index in [0.717, 1.165) is 28.7 Å². The highest BCUT2D eigenvalue weighted by Crippen LogP contribution is 2.39. The average Bonchev–Trinajstić information content (AvgIpc) is 2.88. The van der Waals surface area contributed by atoms with E-state index in [1.165, 1.54) is 10.5 Å². The van der Waals surface area contributed by atoms with Gasteiger partial charge in [0.1, 0.15) is 0 Å². The lowest BCUT2D eigenvalue weighted by Gasteiger charge is -2.41. The quantitative estimate of drug-likeness (QED) is 0.146. The third-order valence-electron chi connectivity index (χ3n) is 6.46. The monoisotopic (exact) mass is 586 g/mol. The molecular weight excluding hydrogens is 555 g/mol. The number of alkyl halides is 3. The Morgan fingerprint density at radius 2 is 2.08 bits per heavy atom. The molecule has 0 radical (unpaired) electrons. The van der Waals surface area contributed by atoms with Gasteiger partial charge in [0.25, 0.3) is 15.7 Å². The molecule has 0 aromatic carbocycles. The Hall–Kier alpha value is -2.73. The third-order valence-corrected chi connectivity index (χ3v) is 8.51. The maximum absolute atomic E-state index is 13.3. The normalized spacial score (nSPS) is 23.5. The second-order valence-electron chi connectivity index (χ2n) is 9.11. The van der Waals surface area contributed by atoms with E-state index in [1.54, 1.807) is 12.1 Å². The molecule has 1 aromatic heterocycles. The Morgan fingerprint density at radius 3 is 2.72 bits per heavy atom. The Kier molecular flexibility index (Phi) is 10.3. The van der Waals surface area contributed by atoms with Crippen molar-refractivity contribution in [2.45, 2.75) is 56.9 Å². The first kappa shape index (κ1) is 30.8. The SMILES string of the molecule is C=CN=C(/C=C\CC(F)(F)F)S(=O)(=O)N1CCC2(/C=C/C=CC/C=C(\CC)C(c3cc(Cl)cc[n+]3O)O2)CC1. The van der Waals surface area contributed by atoms with Crippen molar-refractivity contribution in [2.75, 3.05) is 13.1 Å². The molecule has 212 valence electrons. The van der Waals surface area contributed by atoms with Crippen LogP contribution in [-0.4, -0.2) is 47.8 Å². The first-order valence-electron chi connectivity index (χ1n) is 12.4. The van der Waals surface area contributed by atoms with Crippen molar-refractivity contribution < 1.29 is 36.3 Å². The number of nitrogens with zero attached hydrogens (tertiary/aromatic N) is 3. The van der Waals surface area contributed by atoms with Crippen LogP contribution in [0.1, 0.15) is 50.8 Å². The number of hydrogen-bond acceptors (Lipinski definition) is 5. The summed E-state index contributed by atoms with van der Waals surface area (Å²) in [6.45, 7) is 5.43. The zero-order chi connectivity index (χ0) is 28.7.